The number of anilines is 1. The quantitative estimate of drug-likeness (QED) is 0.554. The minimum atomic E-state index is 0.401. The van der Waals surface area contributed by atoms with E-state index in [-0.39, 0.29) is 0 Å². The fourth-order valence-electron chi connectivity index (χ4n) is 1.95. The molecule has 3 rings (SSSR count). The van der Waals surface area contributed by atoms with Gasteiger partial charge in [0, 0.05) is 18.0 Å². The first-order chi connectivity index (χ1) is 9.85. The van der Waals surface area contributed by atoms with Crippen LogP contribution in [0.15, 0.2) is 55.0 Å². The lowest BCUT2D eigenvalue weighted by atomic mass is 10.1. The lowest BCUT2D eigenvalue weighted by Gasteiger charge is -2.03. The molecule has 0 saturated heterocycles. The van der Waals surface area contributed by atoms with Crippen LogP contribution in [-0.2, 0) is 6.54 Å². The Labute approximate surface area is 116 Å². The standard InChI is InChI=1S/C14H14N6/c15-19-14-16-7-6-13(18-14)10-20-9-12(8-17-20)11-4-2-1-3-5-11/h1-9H,10,15H2,(H,16,18,19). The first kappa shape index (κ1) is 12.3. The van der Waals surface area contributed by atoms with E-state index in [1.165, 1.54) is 0 Å². The van der Waals surface area contributed by atoms with Crippen LogP contribution in [0, 0.1) is 0 Å². The van der Waals surface area contributed by atoms with Gasteiger partial charge < -0.3 is 0 Å². The first-order valence-corrected chi connectivity index (χ1v) is 6.21. The number of hydrogen-bond acceptors (Lipinski definition) is 5. The van der Waals surface area contributed by atoms with Gasteiger partial charge in [-0.05, 0) is 11.6 Å². The molecule has 6 nitrogen and oxygen atoms in total. The van der Waals surface area contributed by atoms with E-state index < -0.39 is 0 Å². The van der Waals surface area contributed by atoms with Crippen molar-refractivity contribution in [2.24, 2.45) is 5.84 Å². The molecule has 0 bridgehead atoms. The van der Waals surface area contributed by atoms with Crippen molar-refractivity contribution in [3.8, 4) is 11.1 Å². The van der Waals surface area contributed by atoms with Gasteiger partial charge in [-0.15, -0.1) is 0 Å². The molecule has 0 radical (unpaired) electrons. The van der Waals surface area contributed by atoms with Gasteiger partial charge in [0.2, 0.25) is 5.95 Å². The van der Waals surface area contributed by atoms with Crippen molar-refractivity contribution in [1.82, 2.24) is 19.7 Å². The van der Waals surface area contributed by atoms with Crippen LogP contribution in [0.1, 0.15) is 5.69 Å². The third-order valence-electron chi connectivity index (χ3n) is 2.91. The molecule has 3 aromatic rings. The largest absolute Gasteiger partial charge is 0.292 e. The van der Waals surface area contributed by atoms with Crippen LogP contribution < -0.4 is 11.3 Å². The normalized spacial score (nSPS) is 10.4. The van der Waals surface area contributed by atoms with Crippen LogP contribution in [0.3, 0.4) is 0 Å². The average Bonchev–Trinajstić information content (AvgIpc) is 2.97. The molecule has 3 N–H and O–H groups in total. The average molecular weight is 266 g/mol. The van der Waals surface area contributed by atoms with E-state index in [1.807, 2.05) is 41.3 Å². The molecule has 0 aliphatic heterocycles. The number of rotatable bonds is 4. The van der Waals surface area contributed by atoms with Crippen LogP contribution in [0.25, 0.3) is 11.1 Å². The van der Waals surface area contributed by atoms with E-state index in [4.69, 9.17) is 5.84 Å². The van der Waals surface area contributed by atoms with E-state index in [2.05, 4.69) is 32.6 Å². The zero-order valence-electron chi connectivity index (χ0n) is 10.8. The van der Waals surface area contributed by atoms with E-state index in [1.54, 1.807) is 6.20 Å². The summed E-state index contributed by atoms with van der Waals surface area (Å²) in [6.07, 6.45) is 5.50. The summed E-state index contributed by atoms with van der Waals surface area (Å²) in [5.41, 5.74) is 5.50. The van der Waals surface area contributed by atoms with Gasteiger partial charge in [0.25, 0.3) is 0 Å². The number of hydrogen-bond donors (Lipinski definition) is 2. The molecule has 0 saturated carbocycles. The number of benzene rings is 1. The van der Waals surface area contributed by atoms with Crippen molar-refractivity contribution in [3.63, 3.8) is 0 Å². The second kappa shape index (κ2) is 5.50. The Morgan fingerprint density at radius 1 is 1.10 bits per heavy atom. The summed E-state index contributed by atoms with van der Waals surface area (Å²) in [4.78, 5) is 8.24. The molecule has 0 atom stereocenters. The molecule has 0 amide bonds. The fraction of sp³-hybridized carbons (Fsp3) is 0.0714. The van der Waals surface area contributed by atoms with Gasteiger partial charge in [0.1, 0.15) is 0 Å². The third kappa shape index (κ3) is 2.65. The Hall–Kier alpha value is -2.73. The lowest BCUT2D eigenvalue weighted by Crippen LogP contribution is -2.12. The Bertz CT molecular complexity index is 692. The van der Waals surface area contributed by atoms with Crippen molar-refractivity contribution >= 4 is 5.95 Å². The van der Waals surface area contributed by atoms with E-state index in [0.717, 1.165) is 16.8 Å². The van der Waals surface area contributed by atoms with Gasteiger partial charge in [-0.1, -0.05) is 30.3 Å². The van der Waals surface area contributed by atoms with Crippen molar-refractivity contribution in [2.45, 2.75) is 6.54 Å². The number of hydrazine groups is 1. The summed E-state index contributed by atoms with van der Waals surface area (Å²) >= 11 is 0. The summed E-state index contributed by atoms with van der Waals surface area (Å²) in [7, 11) is 0. The summed E-state index contributed by atoms with van der Waals surface area (Å²) in [5.74, 6) is 5.70. The van der Waals surface area contributed by atoms with Gasteiger partial charge in [-0.2, -0.15) is 5.10 Å². The number of nitrogens with one attached hydrogen (secondary N) is 1. The maximum Gasteiger partial charge on any atom is 0.237 e. The van der Waals surface area contributed by atoms with Gasteiger partial charge in [0.15, 0.2) is 0 Å². The molecule has 20 heavy (non-hydrogen) atoms. The molecule has 0 aliphatic carbocycles. The molecule has 2 aromatic heterocycles. The maximum atomic E-state index is 5.29. The van der Waals surface area contributed by atoms with Crippen molar-refractivity contribution in [3.05, 3.63) is 60.7 Å². The SMILES string of the molecule is NNc1nccc(Cn2cc(-c3ccccc3)cn2)n1. The molecular weight excluding hydrogens is 252 g/mol. The fourth-order valence-corrected chi connectivity index (χ4v) is 1.95. The van der Waals surface area contributed by atoms with Crippen LogP contribution in [0.5, 0.6) is 0 Å². The number of nitrogens with zero attached hydrogens (tertiary/aromatic N) is 4. The molecule has 0 spiro atoms. The molecule has 0 fully saturated rings. The molecule has 100 valence electrons. The maximum absolute atomic E-state index is 5.29. The van der Waals surface area contributed by atoms with Crippen LogP contribution in [0.4, 0.5) is 5.95 Å². The minimum Gasteiger partial charge on any atom is -0.292 e. The molecule has 0 unspecified atom stereocenters. The van der Waals surface area contributed by atoms with Gasteiger partial charge in [-0.25, -0.2) is 15.8 Å². The number of aromatic nitrogens is 4. The second-order valence-corrected chi connectivity index (χ2v) is 4.31. The Morgan fingerprint density at radius 2 is 1.95 bits per heavy atom. The Morgan fingerprint density at radius 3 is 2.75 bits per heavy atom. The van der Waals surface area contributed by atoms with Crippen molar-refractivity contribution in [1.29, 1.82) is 0 Å². The van der Waals surface area contributed by atoms with Crippen LogP contribution in [-0.4, -0.2) is 19.7 Å². The predicted octanol–water partition coefficient (Wildman–Crippen LogP) is 1.67. The summed E-state index contributed by atoms with van der Waals surface area (Å²) in [6, 6.07) is 12.0. The lowest BCUT2D eigenvalue weighted by molar-refractivity contribution is 0.671. The van der Waals surface area contributed by atoms with Gasteiger partial charge in [-0.3, -0.25) is 10.1 Å². The predicted molar refractivity (Wildman–Crippen MR) is 76.6 cm³/mol. The van der Waals surface area contributed by atoms with E-state index in [9.17, 15) is 0 Å². The highest BCUT2D eigenvalue weighted by Crippen LogP contribution is 2.17. The van der Waals surface area contributed by atoms with Crippen molar-refractivity contribution < 1.29 is 0 Å². The summed E-state index contributed by atoms with van der Waals surface area (Å²) in [6.45, 7) is 0.573. The summed E-state index contributed by atoms with van der Waals surface area (Å²) < 4.78 is 1.84. The van der Waals surface area contributed by atoms with E-state index >= 15 is 0 Å². The number of nitrogens with two attached hydrogens (primary N) is 1. The molecular formula is C14H14N6. The van der Waals surface area contributed by atoms with Crippen LogP contribution >= 0.6 is 0 Å². The zero-order valence-corrected chi connectivity index (χ0v) is 10.8. The topological polar surface area (TPSA) is 81.6 Å². The van der Waals surface area contributed by atoms with Crippen LogP contribution in [0.2, 0.25) is 0 Å². The highest BCUT2D eigenvalue weighted by atomic mass is 15.3. The Kier molecular flexibility index (Phi) is 3.38. The molecule has 0 aliphatic rings. The zero-order chi connectivity index (χ0) is 13.8. The number of nitrogen functional groups attached to an aromatic ring is 1. The molecule has 6 heteroatoms. The monoisotopic (exact) mass is 266 g/mol. The smallest absolute Gasteiger partial charge is 0.237 e. The highest BCUT2D eigenvalue weighted by molar-refractivity contribution is 5.61. The van der Waals surface area contributed by atoms with E-state index in [0.29, 0.717) is 12.5 Å². The first-order valence-electron chi connectivity index (χ1n) is 6.21. The third-order valence-corrected chi connectivity index (χ3v) is 2.91. The highest BCUT2D eigenvalue weighted by Gasteiger charge is 2.03. The second-order valence-electron chi connectivity index (χ2n) is 4.31. The van der Waals surface area contributed by atoms with Gasteiger partial charge >= 0.3 is 0 Å². The summed E-state index contributed by atoms with van der Waals surface area (Å²) in [5, 5.41) is 4.35. The van der Waals surface area contributed by atoms with Crippen molar-refractivity contribution in [2.75, 3.05) is 5.43 Å². The van der Waals surface area contributed by atoms with Gasteiger partial charge in [0.05, 0.1) is 18.4 Å². The Balaban J connectivity index is 1.80. The molecule has 1 aromatic carbocycles. The molecule has 2 heterocycles. The minimum absolute atomic E-state index is 0.401.